The number of halogens is 1. The number of amides is 2. The molecule has 0 saturated carbocycles. The van der Waals surface area contributed by atoms with Crippen molar-refractivity contribution in [1.29, 1.82) is 0 Å². The Morgan fingerprint density at radius 3 is 2.07 bits per heavy atom. The number of nitrogens with zero attached hydrogens (tertiary/aromatic N) is 1. The summed E-state index contributed by atoms with van der Waals surface area (Å²) in [5.74, 6) is -2.88. The zero-order valence-corrected chi connectivity index (χ0v) is 35.4. The molecule has 0 spiro atoms. The van der Waals surface area contributed by atoms with E-state index in [0.29, 0.717) is 17.9 Å². The monoisotopic (exact) mass is 797 g/mol. The van der Waals surface area contributed by atoms with Crippen LogP contribution in [-0.2, 0) is 31.6 Å². The zero-order chi connectivity index (χ0) is 42.5. The third-order valence-electron chi connectivity index (χ3n) is 10.8. The van der Waals surface area contributed by atoms with Gasteiger partial charge in [-0.2, -0.15) is 0 Å². The van der Waals surface area contributed by atoms with Crippen LogP contribution < -0.4 is 20.1 Å². The highest BCUT2D eigenvalue weighted by molar-refractivity contribution is 6.34. The van der Waals surface area contributed by atoms with Crippen LogP contribution in [0.1, 0.15) is 117 Å². The summed E-state index contributed by atoms with van der Waals surface area (Å²) in [6.45, 7) is 19.7. The number of Topliss-reactive ketones (excluding diaryl/α,β-unsaturated/α-hetero) is 1. The highest BCUT2D eigenvalue weighted by Crippen LogP contribution is 2.46. The van der Waals surface area contributed by atoms with E-state index in [1.165, 1.54) is 17.7 Å². The summed E-state index contributed by atoms with van der Waals surface area (Å²) in [6, 6.07) is 18.0. The Labute approximate surface area is 341 Å². The number of aromatic nitrogens is 1. The molecule has 0 aliphatic carbocycles. The maximum absolute atomic E-state index is 14.2. The summed E-state index contributed by atoms with van der Waals surface area (Å²) < 4.78 is 12.5. The molecule has 2 unspecified atom stereocenters. The van der Waals surface area contributed by atoms with Crippen LogP contribution in [0.25, 0.3) is 0 Å². The van der Waals surface area contributed by atoms with Crippen LogP contribution in [0.4, 0.5) is 11.4 Å². The van der Waals surface area contributed by atoms with Gasteiger partial charge in [-0.05, 0) is 65.5 Å². The van der Waals surface area contributed by atoms with Gasteiger partial charge in [0.05, 0.1) is 16.3 Å². The number of carbonyl (C=O) groups excluding carboxylic acids is 3. The second-order valence-corrected chi connectivity index (χ2v) is 17.0. The number of anilines is 2. The standard InChI is InChI=1S/C46H56ClN3O7/c1-12-35(57-36-24-21-29(45(8,9)13-2)26-32(36)46(10,11)14-3)40(52)48-30-22-23-33(47)34(27-30)49-41(53)37(39(51)44(5,6)7)50-42(54)31(38(43(50)55)56-15-4)25-28-19-17-16-18-20-28/h4,16-24,26-27,35,37,54-55H,12-14,25H2,1-3,5-11H3,(H,48,52)(H,49,53). The van der Waals surface area contributed by atoms with Crippen LogP contribution in [0, 0.1) is 17.9 Å². The fraction of sp³-hybridized carbons (Fsp3) is 0.413. The molecule has 0 aliphatic heterocycles. The minimum Gasteiger partial charge on any atom is -0.494 e. The Hall–Kier alpha value is -5.40. The summed E-state index contributed by atoms with van der Waals surface area (Å²) in [5, 5.41) is 28.6. The quantitative estimate of drug-likeness (QED) is 0.0654. The van der Waals surface area contributed by atoms with Gasteiger partial charge in [-0.3, -0.25) is 19.0 Å². The zero-order valence-electron chi connectivity index (χ0n) is 34.7. The van der Waals surface area contributed by atoms with Crippen molar-refractivity contribution in [1.82, 2.24) is 4.57 Å². The molecule has 1 aromatic heterocycles. The molecule has 2 atom stereocenters. The molecule has 304 valence electrons. The molecule has 11 heteroatoms. The van der Waals surface area contributed by atoms with Crippen molar-refractivity contribution < 1.29 is 34.1 Å². The normalized spacial score (nSPS) is 12.9. The first-order chi connectivity index (χ1) is 26.7. The number of benzene rings is 3. The number of terminal acetylenes is 1. The smallest absolute Gasteiger partial charge is 0.265 e. The van der Waals surface area contributed by atoms with Crippen molar-refractivity contribution in [2.24, 2.45) is 5.41 Å². The van der Waals surface area contributed by atoms with Crippen LogP contribution in [0.3, 0.4) is 0 Å². The first-order valence-corrected chi connectivity index (χ1v) is 19.7. The molecule has 0 aliphatic rings. The van der Waals surface area contributed by atoms with Gasteiger partial charge in [-0.15, -0.1) is 0 Å². The maximum atomic E-state index is 14.2. The van der Waals surface area contributed by atoms with Gasteiger partial charge in [0.15, 0.2) is 17.9 Å². The van der Waals surface area contributed by atoms with Gasteiger partial charge in [0.1, 0.15) is 11.9 Å². The summed E-state index contributed by atoms with van der Waals surface area (Å²) in [6.07, 6.45) is 8.85. The average molecular weight is 798 g/mol. The SMILES string of the molecule is C#COc1c(Cc2ccccc2)c(O)n(C(C(=O)Nc2cc(NC(=O)C(CC)Oc3ccc(C(C)(C)CC)cc3C(C)(C)CC)ccc2Cl)C(=O)C(C)(C)C)c1O. The molecular weight excluding hydrogens is 742 g/mol. The van der Waals surface area contributed by atoms with Crippen molar-refractivity contribution in [3.05, 3.63) is 94.0 Å². The molecule has 0 bridgehead atoms. The Morgan fingerprint density at radius 2 is 1.49 bits per heavy atom. The average Bonchev–Trinajstić information content (AvgIpc) is 3.38. The maximum Gasteiger partial charge on any atom is 0.265 e. The van der Waals surface area contributed by atoms with Crippen LogP contribution in [0.2, 0.25) is 5.02 Å². The van der Waals surface area contributed by atoms with E-state index in [2.05, 4.69) is 64.3 Å². The first-order valence-electron chi connectivity index (χ1n) is 19.3. The Morgan fingerprint density at radius 1 is 0.842 bits per heavy atom. The fourth-order valence-corrected chi connectivity index (χ4v) is 6.47. The van der Waals surface area contributed by atoms with Gasteiger partial charge in [-0.25, -0.2) is 0 Å². The topological polar surface area (TPSA) is 139 Å². The van der Waals surface area contributed by atoms with Gasteiger partial charge in [0.2, 0.25) is 17.5 Å². The van der Waals surface area contributed by atoms with Crippen molar-refractivity contribution in [3.8, 4) is 35.8 Å². The van der Waals surface area contributed by atoms with Gasteiger partial charge in [0, 0.05) is 23.1 Å². The third-order valence-corrected chi connectivity index (χ3v) is 11.1. The van der Waals surface area contributed by atoms with E-state index < -0.39 is 46.9 Å². The minimum absolute atomic E-state index is 0.0341. The molecule has 1 heterocycles. The van der Waals surface area contributed by atoms with E-state index in [1.54, 1.807) is 51.1 Å². The molecule has 0 radical (unpaired) electrons. The molecule has 0 saturated heterocycles. The molecule has 57 heavy (non-hydrogen) atoms. The first kappa shape index (κ1) is 44.3. The van der Waals surface area contributed by atoms with Crippen LogP contribution >= 0.6 is 11.6 Å². The lowest BCUT2D eigenvalue weighted by Crippen LogP contribution is -2.38. The summed E-state index contributed by atoms with van der Waals surface area (Å²) in [5.41, 5.74) is 2.05. The lowest BCUT2D eigenvalue weighted by molar-refractivity contribution is -0.135. The Bertz CT molecular complexity index is 2140. The number of carbonyl (C=O) groups is 3. The second kappa shape index (κ2) is 17.8. The van der Waals surface area contributed by atoms with Gasteiger partial charge < -0.3 is 30.3 Å². The van der Waals surface area contributed by atoms with Gasteiger partial charge in [0.25, 0.3) is 11.8 Å². The van der Waals surface area contributed by atoms with E-state index in [0.717, 1.165) is 28.5 Å². The number of hydrogen-bond donors (Lipinski definition) is 4. The number of hydrogen-bond acceptors (Lipinski definition) is 7. The lowest BCUT2D eigenvalue weighted by Gasteiger charge is -2.31. The second-order valence-electron chi connectivity index (χ2n) is 16.6. The molecule has 4 N–H and O–H groups in total. The van der Waals surface area contributed by atoms with E-state index >= 15 is 0 Å². The van der Waals surface area contributed by atoms with E-state index in [1.807, 2.05) is 25.2 Å². The summed E-state index contributed by atoms with van der Waals surface area (Å²) in [4.78, 5) is 42.0. The van der Waals surface area contributed by atoms with E-state index in [4.69, 9.17) is 27.5 Å². The molecule has 4 aromatic rings. The lowest BCUT2D eigenvalue weighted by atomic mass is 9.76. The van der Waals surface area contributed by atoms with E-state index in [-0.39, 0.29) is 39.3 Å². The summed E-state index contributed by atoms with van der Waals surface area (Å²) >= 11 is 6.56. The molecular formula is C46H56ClN3O7. The number of ketones is 1. The van der Waals surface area contributed by atoms with Crippen LogP contribution in [-0.4, -0.2) is 38.5 Å². The van der Waals surface area contributed by atoms with Crippen molar-refractivity contribution in [3.63, 3.8) is 0 Å². The van der Waals surface area contributed by atoms with Gasteiger partial charge >= 0.3 is 0 Å². The predicted molar refractivity (Wildman–Crippen MR) is 226 cm³/mol. The van der Waals surface area contributed by atoms with Crippen LogP contribution in [0.15, 0.2) is 66.7 Å². The molecule has 2 amide bonds. The van der Waals surface area contributed by atoms with Gasteiger partial charge in [-0.1, -0.05) is 130 Å². The number of rotatable bonds is 16. The van der Waals surface area contributed by atoms with E-state index in [9.17, 15) is 24.6 Å². The highest BCUT2D eigenvalue weighted by atomic mass is 35.5. The van der Waals surface area contributed by atoms with Crippen molar-refractivity contribution in [2.45, 2.75) is 118 Å². The molecule has 3 aromatic carbocycles. The van der Waals surface area contributed by atoms with Crippen molar-refractivity contribution >= 4 is 40.6 Å². The van der Waals surface area contributed by atoms with Crippen LogP contribution in [0.5, 0.6) is 23.3 Å². The highest BCUT2D eigenvalue weighted by Gasteiger charge is 2.41. The molecule has 10 nitrogen and oxygen atoms in total. The largest absolute Gasteiger partial charge is 0.494 e. The summed E-state index contributed by atoms with van der Waals surface area (Å²) in [7, 11) is 0. The fourth-order valence-electron chi connectivity index (χ4n) is 6.30. The Balaban J connectivity index is 1.66. The molecule has 4 rings (SSSR count). The number of ether oxygens (including phenoxy) is 2. The minimum atomic E-state index is -1.79. The predicted octanol–water partition coefficient (Wildman–Crippen LogP) is 10.1. The molecule has 0 fully saturated rings. The van der Waals surface area contributed by atoms with Crippen molar-refractivity contribution in [2.75, 3.05) is 10.6 Å². The number of nitrogens with one attached hydrogen (secondary N) is 2. The third kappa shape index (κ3) is 9.95. The Kier molecular flexibility index (Phi) is 13.8. The number of aromatic hydroxyl groups is 2.